The van der Waals surface area contributed by atoms with Crippen molar-refractivity contribution in [3.8, 4) is 11.5 Å². The van der Waals surface area contributed by atoms with Crippen molar-refractivity contribution in [3.05, 3.63) is 95.3 Å². The van der Waals surface area contributed by atoms with E-state index in [0.717, 1.165) is 0 Å². The molecule has 0 spiro atoms. The molecule has 1 heterocycles. The van der Waals surface area contributed by atoms with Crippen molar-refractivity contribution in [3.63, 3.8) is 0 Å². The molecule has 162 valence electrons. The molecule has 1 aliphatic heterocycles. The van der Waals surface area contributed by atoms with Gasteiger partial charge in [0.15, 0.2) is 0 Å². The van der Waals surface area contributed by atoms with Gasteiger partial charge in [0.05, 0.1) is 25.8 Å². The van der Waals surface area contributed by atoms with Gasteiger partial charge in [-0.1, -0.05) is 36.4 Å². The monoisotopic (exact) mass is 433 g/mol. The first kappa shape index (κ1) is 21.1. The third-order valence-electron chi connectivity index (χ3n) is 5.33. The normalized spacial score (nSPS) is 17.5. The average Bonchev–Trinajstić information content (AvgIpc) is 3.09. The number of Topliss-reactive ketones (excluding diaryl/α,β-unsaturated/α-hetero) is 1. The van der Waals surface area contributed by atoms with Gasteiger partial charge in [-0.15, -0.1) is 0 Å². The summed E-state index contributed by atoms with van der Waals surface area (Å²) in [7, 11) is 2.86. The molecule has 3 aromatic rings. The van der Waals surface area contributed by atoms with Gasteiger partial charge in [-0.3, -0.25) is 14.5 Å². The molecule has 1 fully saturated rings. The van der Waals surface area contributed by atoms with Gasteiger partial charge >= 0.3 is 0 Å². The van der Waals surface area contributed by atoms with Gasteiger partial charge in [-0.25, -0.2) is 4.39 Å². The smallest absolute Gasteiger partial charge is 0.300 e. The second kappa shape index (κ2) is 8.55. The van der Waals surface area contributed by atoms with Gasteiger partial charge in [-0.05, 0) is 42.0 Å². The Morgan fingerprint density at radius 3 is 2.03 bits per heavy atom. The van der Waals surface area contributed by atoms with E-state index >= 15 is 0 Å². The number of ether oxygens (including phenoxy) is 2. The van der Waals surface area contributed by atoms with Crippen LogP contribution in [0.15, 0.2) is 78.4 Å². The summed E-state index contributed by atoms with van der Waals surface area (Å²) in [5, 5.41) is 11.3. The van der Waals surface area contributed by atoms with Crippen molar-refractivity contribution in [1.82, 2.24) is 0 Å². The van der Waals surface area contributed by atoms with Crippen LogP contribution in [-0.2, 0) is 9.59 Å². The molecule has 1 amide bonds. The highest BCUT2D eigenvalue weighted by Crippen LogP contribution is 2.45. The summed E-state index contributed by atoms with van der Waals surface area (Å²) < 4.78 is 24.3. The summed E-state index contributed by atoms with van der Waals surface area (Å²) >= 11 is 0. The zero-order valence-electron chi connectivity index (χ0n) is 17.4. The Morgan fingerprint density at radius 1 is 0.875 bits per heavy atom. The van der Waals surface area contributed by atoms with Gasteiger partial charge in [0.2, 0.25) is 0 Å². The van der Waals surface area contributed by atoms with E-state index in [0.29, 0.717) is 11.3 Å². The molecule has 1 N–H and O–H groups in total. The maximum atomic E-state index is 13.5. The number of aliphatic hydroxyl groups is 1. The number of amides is 1. The summed E-state index contributed by atoms with van der Waals surface area (Å²) in [6.45, 7) is 0. The van der Waals surface area contributed by atoms with E-state index < -0.39 is 29.3 Å². The summed E-state index contributed by atoms with van der Waals surface area (Å²) in [6, 6.07) is 18.1. The molecule has 32 heavy (non-hydrogen) atoms. The summed E-state index contributed by atoms with van der Waals surface area (Å²) in [4.78, 5) is 27.5. The Bertz CT molecular complexity index is 1180. The maximum Gasteiger partial charge on any atom is 0.300 e. The highest BCUT2D eigenvalue weighted by molar-refractivity contribution is 6.51. The number of carbonyl (C=O) groups is 2. The molecule has 7 heteroatoms. The van der Waals surface area contributed by atoms with Crippen LogP contribution in [0, 0.1) is 5.82 Å². The third-order valence-corrected chi connectivity index (χ3v) is 5.33. The van der Waals surface area contributed by atoms with E-state index in [4.69, 9.17) is 9.47 Å². The van der Waals surface area contributed by atoms with Gasteiger partial charge in [0.1, 0.15) is 28.6 Å². The van der Waals surface area contributed by atoms with Crippen molar-refractivity contribution in [2.45, 2.75) is 6.04 Å². The summed E-state index contributed by atoms with van der Waals surface area (Å²) in [5.41, 5.74) is 0.976. The number of aliphatic hydroxyl groups excluding tert-OH is 1. The second-order valence-corrected chi connectivity index (χ2v) is 7.09. The van der Waals surface area contributed by atoms with Gasteiger partial charge in [0, 0.05) is 5.69 Å². The number of halogens is 1. The van der Waals surface area contributed by atoms with Crippen LogP contribution in [0.2, 0.25) is 0 Å². The van der Waals surface area contributed by atoms with E-state index in [2.05, 4.69) is 0 Å². The predicted molar refractivity (Wildman–Crippen MR) is 117 cm³/mol. The Labute approximate surface area is 184 Å². The number of hydrogen-bond acceptors (Lipinski definition) is 5. The lowest BCUT2D eigenvalue weighted by Gasteiger charge is -2.25. The number of hydrogen-bond donors (Lipinski definition) is 1. The molecular weight excluding hydrogens is 413 g/mol. The highest BCUT2D eigenvalue weighted by atomic mass is 19.1. The highest BCUT2D eigenvalue weighted by Gasteiger charge is 2.47. The Balaban J connectivity index is 2.00. The van der Waals surface area contributed by atoms with Crippen LogP contribution in [0.1, 0.15) is 17.2 Å². The van der Waals surface area contributed by atoms with E-state index in [9.17, 15) is 19.1 Å². The quantitative estimate of drug-likeness (QED) is 0.365. The van der Waals surface area contributed by atoms with Crippen LogP contribution in [0.4, 0.5) is 10.1 Å². The van der Waals surface area contributed by atoms with Crippen molar-refractivity contribution < 1.29 is 28.6 Å². The number of benzene rings is 3. The number of methoxy groups -OCH3 is 2. The van der Waals surface area contributed by atoms with Crippen LogP contribution in [0.5, 0.6) is 11.5 Å². The topological polar surface area (TPSA) is 76.1 Å². The summed E-state index contributed by atoms with van der Waals surface area (Å²) in [6.07, 6.45) is 0. The molecule has 1 aliphatic rings. The maximum absolute atomic E-state index is 13.5. The molecule has 0 radical (unpaired) electrons. The summed E-state index contributed by atoms with van der Waals surface area (Å²) in [5.74, 6) is -2.03. The molecule has 0 aromatic heterocycles. The van der Waals surface area contributed by atoms with Crippen molar-refractivity contribution >= 4 is 23.1 Å². The molecule has 1 unspecified atom stereocenters. The lowest BCUT2D eigenvalue weighted by atomic mass is 9.94. The first-order valence-corrected chi connectivity index (χ1v) is 9.80. The Morgan fingerprint density at radius 2 is 1.47 bits per heavy atom. The van der Waals surface area contributed by atoms with Crippen LogP contribution >= 0.6 is 0 Å². The fraction of sp³-hybridized carbons (Fsp3) is 0.120. The fourth-order valence-corrected chi connectivity index (χ4v) is 3.87. The lowest BCUT2D eigenvalue weighted by Crippen LogP contribution is -2.29. The van der Waals surface area contributed by atoms with E-state index in [1.165, 1.54) is 43.4 Å². The third kappa shape index (κ3) is 3.47. The molecule has 1 atom stereocenters. The Hall–Kier alpha value is -4.13. The predicted octanol–water partition coefficient (Wildman–Crippen LogP) is 4.47. The number of carbonyl (C=O) groups excluding carboxylic acids is 2. The lowest BCUT2D eigenvalue weighted by molar-refractivity contribution is -0.132. The van der Waals surface area contributed by atoms with Crippen LogP contribution in [-0.4, -0.2) is 31.0 Å². The molecule has 1 saturated heterocycles. The number of anilines is 1. The fourth-order valence-electron chi connectivity index (χ4n) is 3.87. The zero-order chi connectivity index (χ0) is 22.8. The van der Waals surface area contributed by atoms with E-state index in [1.807, 2.05) is 0 Å². The van der Waals surface area contributed by atoms with E-state index in [1.54, 1.807) is 48.5 Å². The van der Waals surface area contributed by atoms with Gasteiger partial charge < -0.3 is 14.6 Å². The molecule has 3 aromatic carbocycles. The zero-order valence-corrected chi connectivity index (χ0v) is 17.4. The average molecular weight is 433 g/mol. The SMILES string of the molecule is COc1cccc(OC)c1/C(O)=C1\C(=O)C(=O)N(c2ccc(F)cc2)C1c1ccccc1. The van der Waals surface area contributed by atoms with Crippen LogP contribution in [0.3, 0.4) is 0 Å². The first-order valence-electron chi connectivity index (χ1n) is 9.80. The molecule has 6 nitrogen and oxygen atoms in total. The van der Waals surface area contributed by atoms with Crippen LogP contribution in [0.25, 0.3) is 5.76 Å². The molecule has 0 aliphatic carbocycles. The molecule has 0 saturated carbocycles. The first-order chi connectivity index (χ1) is 15.5. The van der Waals surface area contributed by atoms with Crippen LogP contribution < -0.4 is 14.4 Å². The molecular formula is C25H20FNO5. The minimum Gasteiger partial charge on any atom is -0.506 e. The second-order valence-electron chi connectivity index (χ2n) is 7.09. The largest absolute Gasteiger partial charge is 0.506 e. The van der Waals surface area contributed by atoms with Crippen molar-refractivity contribution in [2.24, 2.45) is 0 Å². The van der Waals surface area contributed by atoms with E-state index in [-0.39, 0.29) is 22.6 Å². The standard InChI is InChI=1S/C25H20FNO5/c1-31-18-9-6-10-19(32-2)20(18)23(28)21-22(15-7-4-3-5-8-15)27(25(30)24(21)29)17-13-11-16(26)12-14-17/h3-14,22,28H,1-2H3/b23-21+. The molecule has 4 rings (SSSR count). The van der Waals surface area contributed by atoms with Crippen molar-refractivity contribution in [2.75, 3.05) is 19.1 Å². The number of nitrogens with zero attached hydrogens (tertiary/aromatic N) is 1. The van der Waals surface area contributed by atoms with Gasteiger partial charge in [0.25, 0.3) is 11.7 Å². The number of rotatable bonds is 5. The minimum absolute atomic E-state index is 0.117. The van der Waals surface area contributed by atoms with Crippen molar-refractivity contribution in [1.29, 1.82) is 0 Å². The van der Waals surface area contributed by atoms with Gasteiger partial charge in [-0.2, -0.15) is 0 Å². The number of ketones is 1. The molecule has 0 bridgehead atoms. The minimum atomic E-state index is -0.934. The Kier molecular flexibility index (Phi) is 5.64.